The number of imidazole rings is 1. The third kappa shape index (κ3) is 4.05. The number of hydrogen-bond acceptors (Lipinski definition) is 2. The van der Waals surface area contributed by atoms with Crippen molar-refractivity contribution < 1.29 is 13.2 Å². The molecule has 3 aromatic rings. The molecule has 0 amide bonds. The Morgan fingerprint density at radius 2 is 1.94 bits per heavy atom. The van der Waals surface area contributed by atoms with Gasteiger partial charge in [-0.2, -0.15) is 13.2 Å². The van der Waals surface area contributed by atoms with Crippen molar-refractivity contribution in [3.05, 3.63) is 87.9 Å². The minimum Gasteiger partial charge on any atom is -0.360 e. The lowest BCUT2D eigenvalue weighted by molar-refractivity contribution is -0.0924. The topological polar surface area (TPSA) is 31.9 Å². The van der Waals surface area contributed by atoms with Crippen LogP contribution in [-0.2, 0) is 0 Å². The normalized spacial score (nSPS) is 23.7. The fourth-order valence-electron chi connectivity index (χ4n) is 4.94. The zero-order valence-electron chi connectivity index (χ0n) is 18.4. The molecule has 2 heterocycles. The highest BCUT2D eigenvalue weighted by Crippen LogP contribution is 2.46. The molecule has 5 rings (SSSR count). The highest BCUT2D eigenvalue weighted by atomic mass is 35.5. The minimum absolute atomic E-state index is 0.128. The quantitative estimate of drug-likeness (QED) is 0.436. The van der Waals surface area contributed by atoms with E-state index in [0.717, 1.165) is 28.6 Å². The van der Waals surface area contributed by atoms with Crippen molar-refractivity contribution in [3.63, 3.8) is 0 Å². The van der Waals surface area contributed by atoms with Gasteiger partial charge in [-0.05, 0) is 55.0 Å². The average molecular weight is 471 g/mol. The summed E-state index contributed by atoms with van der Waals surface area (Å²) in [6, 6.07) is 13.0. The molecule has 1 N–H and O–H groups in total. The lowest BCUT2D eigenvalue weighted by Crippen LogP contribution is -2.32. The van der Waals surface area contributed by atoms with E-state index >= 15 is 0 Å². The Labute approximate surface area is 196 Å². The predicted molar refractivity (Wildman–Crippen MR) is 124 cm³/mol. The van der Waals surface area contributed by atoms with Crippen molar-refractivity contribution in [2.45, 2.75) is 44.8 Å². The molecule has 33 heavy (non-hydrogen) atoms. The van der Waals surface area contributed by atoms with E-state index in [0.29, 0.717) is 17.4 Å². The van der Waals surface area contributed by atoms with Crippen molar-refractivity contribution in [1.82, 2.24) is 14.9 Å². The van der Waals surface area contributed by atoms with E-state index in [9.17, 15) is 13.2 Å². The molecule has 7 heteroatoms. The van der Waals surface area contributed by atoms with Crippen LogP contribution in [0.4, 0.5) is 13.2 Å². The summed E-state index contributed by atoms with van der Waals surface area (Å²) in [6.45, 7) is 4.49. The number of H-pyrrole nitrogens is 1. The third-order valence-corrected chi connectivity index (χ3v) is 7.09. The van der Waals surface area contributed by atoms with Gasteiger partial charge < -0.3 is 9.88 Å². The van der Waals surface area contributed by atoms with Gasteiger partial charge in [0.2, 0.25) is 0 Å². The number of benzene rings is 2. The Hall–Kier alpha value is -2.73. The van der Waals surface area contributed by atoms with Crippen LogP contribution in [0.3, 0.4) is 0 Å². The van der Waals surface area contributed by atoms with Crippen molar-refractivity contribution >= 4 is 22.6 Å². The zero-order valence-corrected chi connectivity index (χ0v) is 19.1. The molecule has 1 aromatic heterocycles. The molecule has 0 saturated carbocycles. The van der Waals surface area contributed by atoms with Crippen LogP contribution in [0.1, 0.15) is 48.7 Å². The maximum absolute atomic E-state index is 14.1. The summed E-state index contributed by atoms with van der Waals surface area (Å²) in [4.78, 5) is 9.92. The van der Waals surface area contributed by atoms with Crippen LogP contribution in [0.15, 0.2) is 59.8 Å². The Balaban J connectivity index is 1.58. The molecule has 1 aliphatic carbocycles. The predicted octanol–water partition coefficient (Wildman–Crippen LogP) is 7.27. The first kappa shape index (κ1) is 22.1. The van der Waals surface area contributed by atoms with Crippen LogP contribution in [0.5, 0.6) is 0 Å². The van der Waals surface area contributed by atoms with Gasteiger partial charge in [0.1, 0.15) is 5.82 Å². The molecule has 171 valence electrons. The number of fused-ring (bicyclic) bond motifs is 1. The Bertz CT molecular complexity index is 1200. The molecule has 2 aliphatic rings. The summed E-state index contributed by atoms with van der Waals surface area (Å²) in [6.07, 6.45) is 1.16. The van der Waals surface area contributed by atoms with E-state index in [1.54, 1.807) is 6.07 Å². The molecule has 3 atom stereocenters. The van der Waals surface area contributed by atoms with Crippen LogP contribution >= 0.6 is 11.6 Å². The molecule has 0 bridgehead atoms. The minimum atomic E-state index is -4.45. The van der Waals surface area contributed by atoms with E-state index in [4.69, 9.17) is 16.6 Å². The fraction of sp³-hybridized carbons (Fsp3) is 0.346. The van der Waals surface area contributed by atoms with Gasteiger partial charge in [0.15, 0.2) is 0 Å². The second kappa shape index (κ2) is 8.24. The smallest absolute Gasteiger partial charge is 0.360 e. The molecular formula is C26H24ClF3N3. The molecule has 2 aromatic carbocycles. The number of allylic oxidation sites excluding steroid dienone is 3. The number of nitrogens with zero attached hydrogens (tertiary/aromatic N) is 2. The number of likely N-dealkylation sites (tertiary alicyclic amines) is 1. The van der Waals surface area contributed by atoms with Crippen molar-refractivity contribution in [1.29, 1.82) is 0 Å². The number of hydrogen-bond donors (Lipinski definition) is 1. The Morgan fingerprint density at radius 3 is 2.67 bits per heavy atom. The van der Waals surface area contributed by atoms with Crippen LogP contribution in [-0.4, -0.2) is 27.6 Å². The molecule has 0 spiro atoms. The number of nitrogens with one attached hydrogen (secondary N) is 1. The second-order valence-corrected chi connectivity index (χ2v) is 9.36. The molecule has 1 saturated heterocycles. The fourth-order valence-corrected chi connectivity index (χ4v) is 5.10. The van der Waals surface area contributed by atoms with E-state index < -0.39 is 11.7 Å². The van der Waals surface area contributed by atoms with Crippen LogP contribution in [0, 0.1) is 18.9 Å². The molecule has 1 fully saturated rings. The highest BCUT2D eigenvalue weighted by Gasteiger charge is 2.44. The molecule has 1 unspecified atom stereocenters. The van der Waals surface area contributed by atoms with E-state index in [1.807, 2.05) is 48.2 Å². The Kier molecular flexibility index (Phi) is 5.52. The summed E-state index contributed by atoms with van der Waals surface area (Å²) in [5.74, 6) is 0.568. The third-order valence-electron chi connectivity index (χ3n) is 6.68. The lowest BCUT2D eigenvalue weighted by Gasteiger charge is -2.34. The first-order valence-electron chi connectivity index (χ1n) is 11.1. The molecule has 1 radical (unpaired) electrons. The standard InChI is InChI=1S/C26H24ClF3N3/c1-15-10-11-33(24(15)25-31-21-12-16(2)20(27)14-22(21)32-25)23-13-18(17-6-4-3-5-7-17)8-9-19(23)26(28,29)30/h3-7,9,12,14-15,18,24H,8,10-11H2,1-2H3,(H,31,32)/t15-,18?,24-/m0/s1. The second-order valence-electron chi connectivity index (χ2n) is 8.95. The first-order valence-corrected chi connectivity index (χ1v) is 11.5. The molecule has 1 aliphatic heterocycles. The lowest BCUT2D eigenvalue weighted by atomic mass is 9.87. The number of aryl methyl sites for hydroxylation is 1. The largest absolute Gasteiger partial charge is 0.418 e. The number of aromatic nitrogens is 2. The van der Waals surface area contributed by atoms with Crippen LogP contribution < -0.4 is 0 Å². The van der Waals surface area contributed by atoms with Crippen molar-refractivity contribution in [2.24, 2.45) is 5.92 Å². The van der Waals surface area contributed by atoms with Crippen molar-refractivity contribution in [3.8, 4) is 0 Å². The summed E-state index contributed by atoms with van der Waals surface area (Å²) >= 11 is 6.27. The van der Waals surface area contributed by atoms with Gasteiger partial charge in [-0.15, -0.1) is 0 Å². The number of alkyl halides is 3. The monoisotopic (exact) mass is 470 g/mol. The summed E-state index contributed by atoms with van der Waals surface area (Å²) in [5.41, 5.74) is 2.96. The average Bonchev–Trinajstić information content (AvgIpc) is 3.36. The molecule has 3 nitrogen and oxygen atoms in total. The summed E-state index contributed by atoms with van der Waals surface area (Å²) in [7, 11) is 0. The van der Waals surface area contributed by atoms with Crippen LogP contribution in [0.2, 0.25) is 5.02 Å². The summed E-state index contributed by atoms with van der Waals surface area (Å²) in [5, 5.41) is 0.619. The zero-order chi connectivity index (χ0) is 23.3. The highest BCUT2D eigenvalue weighted by molar-refractivity contribution is 6.32. The van der Waals surface area contributed by atoms with Gasteiger partial charge in [0.05, 0.1) is 28.3 Å². The summed E-state index contributed by atoms with van der Waals surface area (Å²) < 4.78 is 42.2. The van der Waals surface area contributed by atoms with Gasteiger partial charge >= 0.3 is 6.18 Å². The van der Waals surface area contributed by atoms with Gasteiger partial charge in [-0.25, -0.2) is 4.98 Å². The van der Waals surface area contributed by atoms with Gasteiger partial charge in [-0.3, -0.25) is 0 Å². The number of halogens is 4. The molecular weight excluding hydrogens is 447 g/mol. The van der Waals surface area contributed by atoms with Gasteiger partial charge in [-0.1, -0.05) is 54.9 Å². The van der Waals surface area contributed by atoms with Gasteiger partial charge in [0.25, 0.3) is 0 Å². The first-order chi connectivity index (χ1) is 15.7. The van der Waals surface area contributed by atoms with Gasteiger partial charge in [0, 0.05) is 17.5 Å². The maximum Gasteiger partial charge on any atom is 0.418 e. The van der Waals surface area contributed by atoms with Crippen LogP contribution in [0.25, 0.3) is 11.0 Å². The van der Waals surface area contributed by atoms with E-state index in [-0.39, 0.29) is 30.0 Å². The van der Waals surface area contributed by atoms with Crippen molar-refractivity contribution in [2.75, 3.05) is 6.54 Å². The van der Waals surface area contributed by atoms with E-state index in [2.05, 4.69) is 18.0 Å². The number of aromatic amines is 1. The van der Waals surface area contributed by atoms with E-state index in [1.165, 1.54) is 6.08 Å². The Morgan fingerprint density at radius 1 is 1.18 bits per heavy atom. The maximum atomic E-state index is 14.1. The SMILES string of the molecule is Cc1cc2[nH]c([C@@H]3[C@@H](C)CCN3C3=[C]C(c4ccccc4)CC=C3C(F)(F)F)nc2cc1Cl. The number of rotatable bonds is 3.